The molecule has 0 aliphatic rings. The zero-order valence-electron chi connectivity index (χ0n) is 8.94. The lowest BCUT2D eigenvalue weighted by Crippen LogP contribution is -1.99. The van der Waals surface area contributed by atoms with Crippen molar-refractivity contribution in [3.63, 3.8) is 0 Å². The molecule has 0 bridgehead atoms. The fraction of sp³-hybridized carbons (Fsp3) is 0.250. The molecule has 15 heavy (non-hydrogen) atoms. The van der Waals surface area contributed by atoms with Gasteiger partial charge in [-0.15, -0.1) is 0 Å². The van der Waals surface area contributed by atoms with Gasteiger partial charge in [0.1, 0.15) is 0 Å². The minimum atomic E-state index is 0.0833. The van der Waals surface area contributed by atoms with Gasteiger partial charge in [-0.1, -0.05) is 0 Å². The fourth-order valence-corrected chi connectivity index (χ4v) is 1.87. The van der Waals surface area contributed by atoms with Crippen LogP contribution in [0.2, 0.25) is 0 Å². The average molecular weight is 202 g/mol. The largest absolute Gasteiger partial charge is 0.392 e. The highest BCUT2D eigenvalue weighted by molar-refractivity contribution is 5.39. The Morgan fingerprint density at radius 2 is 2.20 bits per heavy atom. The number of aryl methyl sites for hydroxylation is 1. The molecule has 0 spiro atoms. The summed E-state index contributed by atoms with van der Waals surface area (Å²) in [5.74, 6) is 0. The van der Waals surface area contributed by atoms with Crippen LogP contribution in [0, 0.1) is 13.8 Å². The molecule has 3 heteroatoms. The Hall–Kier alpha value is -1.61. The zero-order valence-corrected chi connectivity index (χ0v) is 8.94. The van der Waals surface area contributed by atoms with Crippen molar-refractivity contribution in [2.45, 2.75) is 20.5 Å². The normalized spacial score (nSPS) is 10.6. The third-order valence-corrected chi connectivity index (χ3v) is 2.61. The SMILES string of the molecule is Cc1cc(CO)c(C)n1-c1cccnc1. The number of rotatable bonds is 2. The number of aliphatic hydroxyl groups excluding tert-OH is 1. The lowest BCUT2D eigenvalue weighted by molar-refractivity contribution is 0.281. The molecule has 1 N–H and O–H groups in total. The first-order chi connectivity index (χ1) is 7.24. The Morgan fingerprint density at radius 3 is 2.73 bits per heavy atom. The maximum atomic E-state index is 9.17. The van der Waals surface area contributed by atoms with Crippen molar-refractivity contribution in [3.05, 3.63) is 47.5 Å². The molecule has 0 unspecified atom stereocenters. The Bertz CT molecular complexity index is 460. The van der Waals surface area contributed by atoms with Gasteiger partial charge in [0.15, 0.2) is 0 Å². The van der Waals surface area contributed by atoms with E-state index in [2.05, 4.69) is 9.55 Å². The highest BCUT2D eigenvalue weighted by Gasteiger charge is 2.09. The topological polar surface area (TPSA) is 38.0 Å². The maximum absolute atomic E-state index is 9.17. The molecular formula is C12H14N2O. The second-order valence-corrected chi connectivity index (χ2v) is 3.60. The van der Waals surface area contributed by atoms with E-state index >= 15 is 0 Å². The van der Waals surface area contributed by atoms with Crippen molar-refractivity contribution in [2.24, 2.45) is 0 Å². The molecule has 0 fully saturated rings. The molecule has 0 amide bonds. The predicted molar refractivity (Wildman–Crippen MR) is 59.0 cm³/mol. The van der Waals surface area contributed by atoms with Gasteiger partial charge in [-0.25, -0.2) is 0 Å². The van der Waals surface area contributed by atoms with E-state index in [0.717, 1.165) is 22.6 Å². The quantitative estimate of drug-likeness (QED) is 0.808. The Morgan fingerprint density at radius 1 is 1.40 bits per heavy atom. The number of hydrogen-bond donors (Lipinski definition) is 1. The summed E-state index contributed by atoms with van der Waals surface area (Å²) >= 11 is 0. The summed E-state index contributed by atoms with van der Waals surface area (Å²) in [7, 11) is 0. The van der Waals surface area contributed by atoms with Crippen molar-refractivity contribution in [1.29, 1.82) is 0 Å². The molecule has 0 aromatic carbocycles. The maximum Gasteiger partial charge on any atom is 0.0699 e. The van der Waals surface area contributed by atoms with Crippen LogP contribution in [0.25, 0.3) is 5.69 Å². The summed E-state index contributed by atoms with van der Waals surface area (Å²) in [6.07, 6.45) is 3.58. The van der Waals surface area contributed by atoms with Gasteiger partial charge in [-0.05, 0) is 37.6 Å². The van der Waals surface area contributed by atoms with E-state index < -0.39 is 0 Å². The lowest BCUT2D eigenvalue weighted by Gasteiger charge is -2.08. The summed E-state index contributed by atoms with van der Waals surface area (Å²) in [6, 6.07) is 5.92. The molecular weight excluding hydrogens is 188 g/mol. The first-order valence-corrected chi connectivity index (χ1v) is 4.93. The van der Waals surface area contributed by atoms with E-state index in [1.165, 1.54) is 0 Å². The van der Waals surface area contributed by atoms with Crippen molar-refractivity contribution < 1.29 is 5.11 Å². The van der Waals surface area contributed by atoms with E-state index in [-0.39, 0.29) is 6.61 Å². The Balaban J connectivity index is 2.58. The van der Waals surface area contributed by atoms with E-state index in [1.807, 2.05) is 38.2 Å². The molecule has 0 aliphatic carbocycles. The summed E-state index contributed by atoms with van der Waals surface area (Å²) < 4.78 is 2.10. The van der Waals surface area contributed by atoms with Crippen LogP contribution in [0.15, 0.2) is 30.6 Å². The molecule has 0 saturated heterocycles. The van der Waals surface area contributed by atoms with Crippen LogP contribution in [-0.4, -0.2) is 14.7 Å². The molecule has 2 aromatic rings. The molecule has 0 atom stereocenters. The van der Waals surface area contributed by atoms with E-state index in [4.69, 9.17) is 0 Å². The van der Waals surface area contributed by atoms with Crippen molar-refractivity contribution in [1.82, 2.24) is 9.55 Å². The first-order valence-electron chi connectivity index (χ1n) is 4.93. The van der Waals surface area contributed by atoms with Gasteiger partial charge < -0.3 is 9.67 Å². The standard InChI is InChI=1S/C12H14N2O/c1-9-6-11(8-15)10(2)14(9)12-4-3-5-13-7-12/h3-7,15H,8H2,1-2H3. The molecule has 3 nitrogen and oxygen atoms in total. The second-order valence-electron chi connectivity index (χ2n) is 3.60. The fourth-order valence-electron chi connectivity index (χ4n) is 1.87. The van der Waals surface area contributed by atoms with Gasteiger partial charge in [0.25, 0.3) is 0 Å². The van der Waals surface area contributed by atoms with Crippen LogP contribution < -0.4 is 0 Å². The van der Waals surface area contributed by atoms with Gasteiger partial charge in [0.05, 0.1) is 18.5 Å². The smallest absolute Gasteiger partial charge is 0.0699 e. The number of aliphatic hydroxyl groups is 1. The van der Waals surface area contributed by atoms with E-state index in [1.54, 1.807) is 6.20 Å². The highest BCUT2D eigenvalue weighted by Crippen LogP contribution is 2.19. The summed E-state index contributed by atoms with van der Waals surface area (Å²) in [4.78, 5) is 4.10. The third-order valence-electron chi connectivity index (χ3n) is 2.61. The van der Waals surface area contributed by atoms with Gasteiger partial charge in [-0.3, -0.25) is 4.98 Å². The van der Waals surface area contributed by atoms with Gasteiger partial charge in [0, 0.05) is 17.6 Å². The molecule has 0 radical (unpaired) electrons. The summed E-state index contributed by atoms with van der Waals surface area (Å²) in [5.41, 5.74) is 4.19. The number of aromatic nitrogens is 2. The predicted octanol–water partition coefficient (Wildman–Crippen LogP) is 1.98. The third kappa shape index (κ3) is 1.66. The molecule has 0 saturated carbocycles. The zero-order chi connectivity index (χ0) is 10.8. The van der Waals surface area contributed by atoms with Gasteiger partial charge in [0.2, 0.25) is 0 Å². The van der Waals surface area contributed by atoms with Crippen molar-refractivity contribution in [3.8, 4) is 5.69 Å². The number of pyridine rings is 1. The molecule has 0 aliphatic heterocycles. The Labute approximate surface area is 89.0 Å². The van der Waals surface area contributed by atoms with E-state index in [9.17, 15) is 5.11 Å². The first kappa shape index (κ1) is 9.93. The van der Waals surface area contributed by atoms with Crippen LogP contribution in [0.3, 0.4) is 0 Å². The summed E-state index contributed by atoms with van der Waals surface area (Å²) in [6.45, 7) is 4.12. The molecule has 2 rings (SSSR count). The van der Waals surface area contributed by atoms with Crippen molar-refractivity contribution >= 4 is 0 Å². The van der Waals surface area contributed by atoms with Crippen LogP contribution in [0.4, 0.5) is 0 Å². The summed E-state index contributed by atoms with van der Waals surface area (Å²) in [5, 5.41) is 9.17. The second kappa shape index (κ2) is 3.87. The van der Waals surface area contributed by atoms with E-state index in [0.29, 0.717) is 0 Å². The number of nitrogens with zero attached hydrogens (tertiary/aromatic N) is 2. The highest BCUT2D eigenvalue weighted by atomic mass is 16.3. The molecule has 2 heterocycles. The van der Waals surface area contributed by atoms with Crippen LogP contribution >= 0.6 is 0 Å². The average Bonchev–Trinajstić information content (AvgIpc) is 2.55. The monoisotopic (exact) mass is 202 g/mol. The minimum Gasteiger partial charge on any atom is -0.392 e. The van der Waals surface area contributed by atoms with Crippen LogP contribution in [-0.2, 0) is 6.61 Å². The number of hydrogen-bond acceptors (Lipinski definition) is 2. The lowest BCUT2D eigenvalue weighted by atomic mass is 10.2. The molecule has 2 aromatic heterocycles. The molecule has 78 valence electrons. The van der Waals surface area contributed by atoms with Crippen LogP contribution in [0.5, 0.6) is 0 Å². The van der Waals surface area contributed by atoms with Crippen LogP contribution in [0.1, 0.15) is 17.0 Å². The minimum absolute atomic E-state index is 0.0833. The Kier molecular flexibility index (Phi) is 2.56. The van der Waals surface area contributed by atoms with Crippen molar-refractivity contribution in [2.75, 3.05) is 0 Å². The van der Waals surface area contributed by atoms with Gasteiger partial charge in [-0.2, -0.15) is 0 Å². The van der Waals surface area contributed by atoms with Gasteiger partial charge >= 0.3 is 0 Å².